The van der Waals surface area contributed by atoms with E-state index in [1.165, 1.54) is 12.1 Å². The topological polar surface area (TPSA) is 79.5 Å². The lowest BCUT2D eigenvalue weighted by atomic mass is 10.2. The fourth-order valence-electron chi connectivity index (χ4n) is 1.63. The lowest BCUT2D eigenvalue weighted by Gasteiger charge is -2.04. The van der Waals surface area contributed by atoms with Gasteiger partial charge in [0.25, 0.3) is 10.0 Å². The lowest BCUT2D eigenvalue weighted by molar-refractivity contribution is 0.236. The molecule has 1 heterocycles. The summed E-state index contributed by atoms with van der Waals surface area (Å²) in [4.78, 5) is 0. The molecule has 19 heavy (non-hydrogen) atoms. The second kappa shape index (κ2) is 6.01. The highest BCUT2D eigenvalue weighted by atomic mass is 32.2. The first kappa shape index (κ1) is 13.8. The molecule has 0 aliphatic rings. The van der Waals surface area contributed by atoms with Gasteiger partial charge in [0.1, 0.15) is 12.4 Å². The Morgan fingerprint density at radius 3 is 2.47 bits per heavy atom. The van der Waals surface area contributed by atoms with Gasteiger partial charge in [-0.25, -0.2) is 13.1 Å². The third kappa shape index (κ3) is 3.66. The van der Waals surface area contributed by atoms with Gasteiger partial charge < -0.3 is 9.52 Å². The van der Waals surface area contributed by atoms with Crippen LogP contribution in [-0.2, 0) is 23.1 Å². The van der Waals surface area contributed by atoms with Crippen LogP contribution in [0.4, 0.5) is 0 Å². The Bertz CT molecular complexity index is 619. The van der Waals surface area contributed by atoms with Crippen molar-refractivity contribution >= 4 is 10.0 Å². The molecule has 0 atom stereocenters. The van der Waals surface area contributed by atoms with Crippen molar-refractivity contribution in [3.05, 3.63) is 53.8 Å². The number of benzene rings is 1. The van der Waals surface area contributed by atoms with Crippen LogP contribution in [0.2, 0.25) is 0 Å². The molecule has 0 aliphatic carbocycles. The first-order valence-corrected chi connectivity index (χ1v) is 7.33. The molecule has 1 aromatic carbocycles. The van der Waals surface area contributed by atoms with E-state index in [0.717, 1.165) is 5.56 Å². The molecular weight excluding hydrogens is 266 g/mol. The van der Waals surface area contributed by atoms with Gasteiger partial charge in [0.05, 0.1) is 0 Å². The third-order valence-corrected chi connectivity index (χ3v) is 3.94. The summed E-state index contributed by atoms with van der Waals surface area (Å²) in [5.74, 6) is 0.225. The second-order valence-electron chi connectivity index (χ2n) is 4.01. The Morgan fingerprint density at radius 2 is 1.84 bits per heavy atom. The van der Waals surface area contributed by atoms with Gasteiger partial charge in [-0.05, 0) is 24.1 Å². The second-order valence-corrected chi connectivity index (χ2v) is 5.71. The number of hydrogen-bond donors (Lipinski definition) is 2. The standard InChI is InChI=1S/C13H15NO4S/c15-10-12-6-7-13(18-12)19(16,17)14-9-8-11-4-2-1-3-5-11/h1-7,14-15H,8-10H2. The zero-order valence-corrected chi connectivity index (χ0v) is 11.1. The third-order valence-electron chi connectivity index (χ3n) is 2.61. The van der Waals surface area contributed by atoms with Crippen LogP contribution in [0, 0.1) is 0 Å². The highest BCUT2D eigenvalue weighted by Gasteiger charge is 2.17. The quantitative estimate of drug-likeness (QED) is 0.836. The van der Waals surface area contributed by atoms with Gasteiger partial charge in [0, 0.05) is 6.54 Å². The minimum absolute atomic E-state index is 0.176. The van der Waals surface area contributed by atoms with E-state index in [2.05, 4.69) is 4.72 Å². The van der Waals surface area contributed by atoms with Gasteiger partial charge in [-0.15, -0.1) is 0 Å². The minimum Gasteiger partial charge on any atom is -0.446 e. The smallest absolute Gasteiger partial charge is 0.273 e. The Balaban J connectivity index is 1.94. The first-order chi connectivity index (χ1) is 9.12. The van der Waals surface area contributed by atoms with Gasteiger partial charge in [-0.1, -0.05) is 30.3 Å². The molecule has 0 unspecified atom stereocenters. The van der Waals surface area contributed by atoms with E-state index in [4.69, 9.17) is 9.52 Å². The normalized spacial score (nSPS) is 11.6. The zero-order chi connectivity index (χ0) is 13.7. The minimum atomic E-state index is -3.65. The molecule has 2 N–H and O–H groups in total. The molecule has 2 aromatic rings. The van der Waals surface area contributed by atoms with Crippen LogP contribution in [0.5, 0.6) is 0 Å². The van der Waals surface area contributed by atoms with E-state index < -0.39 is 10.0 Å². The van der Waals surface area contributed by atoms with Crippen molar-refractivity contribution in [1.29, 1.82) is 0 Å². The lowest BCUT2D eigenvalue weighted by Crippen LogP contribution is -2.25. The van der Waals surface area contributed by atoms with Crippen LogP contribution in [0.25, 0.3) is 0 Å². The average molecular weight is 281 g/mol. The molecule has 0 amide bonds. The van der Waals surface area contributed by atoms with E-state index in [-0.39, 0.29) is 17.5 Å². The van der Waals surface area contributed by atoms with E-state index in [1.807, 2.05) is 30.3 Å². The molecule has 0 saturated heterocycles. The number of furan rings is 1. The summed E-state index contributed by atoms with van der Waals surface area (Å²) < 4.78 is 31.2. The Kier molecular flexibility index (Phi) is 4.36. The van der Waals surface area contributed by atoms with Crippen LogP contribution in [0.15, 0.2) is 52.0 Å². The number of aliphatic hydroxyl groups is 1. The predicted octanol–water partition coefficient (Wildman–Crippen LogP) is 1.29. The summed E-state index contributed by atoms with van der Waals surface area (Å²) >= 11 is 0. The van der Waals surface area contributed by atoms with Crippen LogP contribution < -0.4 is 4.72 Å². The predicted molar refractivity (Wildman–Crippen MR) is 70.0 cm³/mol. The molecule has 102 valence electrons. The van der Waals surface area contributed by atoms with Crippen molar-refractivity contribution in [3.63, 3.8) is 0 Å². The molecule has 0 saturated carbocycles. The maximum atomic E-state index is 11.9. The van der Waals surface area contributed by atoms with Crippen molar-refractivity contribution < 1.29 is 17.9 Å². The molecule has 0 spiro atoms. The van der Waals surface area contributed by atoms with Crippen molar-refractivity contribution in [2.24, 2.45) is 0 Å². The van der Waals surface area contributed by atoms with Crippen LogP contribution >= 0.6 is 0 Å². The van der Waals surface area contributed by atoms with Crippen LogP contribution in [-0.4, -0.2) is 20.1 Å². The molecule has 0 fully saturated rings. The van der Waals surface area contributed by atoms with E-state index in [9.17, 15) is 8.42 Å². The molecule has 5 nitrogen and oxygen atoms in total. The summed E-state index contributed by atoms with van der Waals surface area (Å²) in [6.45, 7) is -0.0267. The number of nitrogens with one attached hydrogen (secondary N) is 1. The number of hydrogen-bond acceptors (Lipinski definition) is 4. The summed E-state index contributed by atoms with van der Waals surface area (Å²) in [5.41, 5.74) is 1.06. The molecule has 0 bridgehead atoms. The summed E-state index contributed by atoms with van der Waals surface area (Å²) in [6, 6.07) is 12.4. The summed E-state index contributed by atoms with van der Waals surface area (Å²) in [7, 11) is -3.65. The first-order valence-electron chi connectivity index (χ1n) is 5.85. The molecule has 2 rings (SSSR count). The molecule has 1 aromatic heterocycles. The largest absolute Gasteiger partial charge is 0.446 e. The van der Waals surface area contributed by atoms with Crippen molar-refractivity contribution in [2.75, 3.05) is 6.54 Å². The summed E-state index contributed by atoms with van der Waals surface area (Å²) in [6.07, 6.45) is 0.605. The zero-order valence-electron chi connectivity index (χ0n) is 10.2. The monoisotopic (exact) mass is 281 g/mol. The maximum Gasteiger partial charge on any atom is 0.273 e. The number of sulfonamides is 1. The maximum absolute atomic E-state index is 11.9. The summed E-state index contributed by atoms with van der Waals surface area (Å²) in [5, 5.41) is 8.66. The van der Waals surface area contributed by atoms with Gasteiger partial charge in [-0.3, -0.25) is 0 Å². The molecular formula is C13H15NO4S. The highest BCUT2D eigenvalue weighted by Crippen LogP contribution is 2.13. The van der Waals surface area contributed by atoms with Crippen molar-refractivity contribution in [3.8, 4) is 0 Å². The fraction of sp³-hybridized carbons (Fsp3) is 0.231. The Hall–Kier alpha value is -1.63. The SMILES string of the molecule is O=S(=O)(NCCc1ccccc1)c1ccc(CO)o1. The Morgan fingerprint density at radius 1 is 1.11 bits per heavy atom. The number of aliphatic hydroxyl groups excluding tert-OH is 1. The average Bonchev–Trinajstić information content (AvgIpc) is 2.89. The van der Waals surface area contributed by atoms with E-state index in [1.54, 1.807) is 0 Å². The van der Waals surface area contributed by atoms with E-state index in [0.29, 0.717) is 13.0 Å². The van der Waals surface area contributed by atoms with Gasteiger partial charge >= 0.3 is 0 Å². The molecule has 0 aliphatic heterocycles. The van der Waals surface area contributed by atoms with Crippen LogP contribution in [0.3, 0.4) is 0 Å². The highest BCUT2D eigenvalue weighted by molar-refractivity contribution is 7.89. The molecule has 6 heteroatoms. The Labute approximate surface area is 111 Å². The van der Waals surface area contributed by atoms with Gasteiger partial charge in [-0.2, -0.15) is 0 Å². The van der Waals surface area contributed by atoms with E-state index >= 15 is 0 Å². The van der Waals surface area contributed by atoms with Crippen molar-refractivity contribution in [2.45, 2.75) is 18.1 Å². The number of rotatable bonds is 6. The van der Waals surface area contributed by atoms with Gasteiger partial charge in [0.15, 0.2) is 0 Å². The van der Waals surface area contributed by atoms with Crippen molar-refractivity contribution in [1.82, 2.24) is 4.72 Å². The van der Waals surface area contributed by atoms with Crippen LogP contribution in [0.1, 0.15) is 11.3 Å². The fourth-order valence-corrected chi connectivity index (χ4v) is 2.61. The molecule has 0 radical (unpaired) electrons. The van der Waals surface area contributed by atoms with Gasteiger partial charge in [0.2, 0.25) is 5.09 Å².